The van der Waals surface area contributed by atoms with Gasteiger partial charge in [-0.2, -0.15) is 14.9 Å². The summed E-state index contributed by atoms with van der Waals surface area (Å²) in [5.74, 6) is 0.213. The maximum Gasteiger partial charge on any atom is 0.216 e. The molecule has 7 heteroatoms. The fraction of sp³-hybridized carbons (Fsp3) is 0.0500. The molecule has 0 bridgehead atoms. The molecule has 4 aromatic rings. The number of aromatic hydroxyl groups is 2. The molecule has 3 aromatic carbocycles. The topological polar surface area (TPSA) is 86.4 Å². The number of para-hydroxylation sites is 1. The Balaban J connectivity index is 1.71. The van der Waals surface area contributed by atoms with E-state index in [2.05, 4.69) is 39.6 Å². The fourth-order valence-electron chi connectivity index (χ4n) is 2.95. The van der Waals surface area contributed by atoms with E-state index in [0.29, 0.717) is 22.6 Å². The van der Waals surface area contributed by atoms with Gasteiger partial charge in [0.2, 0.25) is 4.77 Å². The summed E-state index contributed by atoms with van der Waals surface area (Å²) in [5.41, 5.74) is 1.49. The Morgan fingerprint density at radius 2 is 1.81 bits per heavy atom. The predicted octanol–water partition coefficient (Wildman–Crippen LogP) is 3.98. The molecule has 0 aliphatic heterocycles. The first-order chi connectivity index (χ1) is 13.1. The van der Waals surface area contributed by atoms with Gasteiger partial charge in [-0.25, -0.2) is 0 Å². The average Bonchev–Trinajstić information content (AvgIpc) is 3.03. The van der Waals surface area contributed by atoms with E-state index in [4.69, 9.17) is 12.2 Å². The predicted molar refractivity (Wildman–Crippen MR) is 107 cm³/mol. The van der Waals surface area contributed by atoms with Crippen molar-refractivity contribution in [3.63, 3.8) is 0 Å². The third-order valence-corrected chi connectivity index (χ3v) is 4.57. The van der Waals surface area contributed by atoms with E-state index >= 15 is 0 Å². The van der Waals surface area contributed by atoms with Crippen molar-refractivity contribution in [3.8, 4) is 11.5 Å². The molecule has 0 unspecified atom stereocenters. The summed E-state index contributed by atoms with van der Waals surface area (Å²) in [4.78, 5) is 0. The Kier molecular flexibility index (Phi) is 4.43. The molecule has 27 heavy (non-hydrogen) atoms. The molecule has 0 saturated carbocycles. The van der Waals surface area contributed by atoms with Crippen LogP contribution in [-0.4, -0.2) is 31.3 Å². The van der Waals surface area contributed by atoms with Gasteiger partial charge in [-0.1, -0.05) is 48.5 Å². The molecule has 0 saturated heterocycles. The van der Waals surface area contributed by atoms with E-state index in [1.807, 2.05) is 18.2 Å². The summed E-state index contributed by atoms with van der Waals surface area (Å²) in [7, 11) is 0. The van der Waals surface area contributed by atoms with Crippen LogP contribution in [0.25, 0.3) is 10.8 Å². The lowest BCUT2D eigenvalue weighted by molar-refractivity contribution is 0.403. The van der Waals surface area contributed by atoms with Gasteiger partial charge in [0.05, 0.1) is 6.21 Å². The van der Waals surface area contributed by atoms with Crippen LogP contribution in [-0.2, 0) is 6.42 Å². The van der Waals surface area contributed by atoms with Gasteiger partial charge in [0.25, 0.3) is 0 Å². The van der Waals surface area contributed by atoms with Gasteiger partial charge in [0.1, 0.15) is 0 Å². The van der Waals surface area contributed by atoms with E-state index in [-0.39, 0.29) is 11.5 Å². The average molecular weight is 376 g/mol. The Hall–Kier alpha value is -3.45. The number of hydrogen-bond acceptors (Lipinski definition) is 5. The van der Waals surface area contributed by atoms with Crippen LogP contribution in [0.2, 0.25) is 0 Å². The van der Waals surface area contributed by atoms with Gasteiger partial charge in [-0.3, -0.25) is 5.10 Å². The van der Waals surface area contributed by atoms with Crippen molar-refractivity contribution in [2.75, 3.05) is 0 Å². The lowest BCUT2D eigenvalue weighted by Crippen LogP contribution is -2.01. The van der Waals surface area contributed by atoms with Crippen LogP contribution in [0.4, 0.5) is 0 Å². The van der Waals surface area contributed by atoms with Crippen molar-refractivity contribution in [3.05, 3.63) is 82.4 Å². The second-order valence-electron chi connectivity index (χ2n) is 6.03. The van der Waals surface area contributed by atoms with Crippen LogP contribution in [0.3, 0.4) is 0 Å². The number of nitrogens with one attached hydrogen (secondary N) is 1. The first kappa shape index (κ1) is 17.0. The first-order valence-corrected chi connectivity index (χ1v) is 8.72. The van der Waals surface area contributed by atoms with Crippen molar-refractivity contribution in [2.45, 2.75) is 6.42 Å². The minimum atomic E-state index is -0.230. The number of H-pyrrole nitrogens is 1. The van der Waals surface area contributed by atoms with Crippen molar-refractivity contribution in [2.24, 2.45) is 5.10 Å². The minimum Gasteiger partial charge on any atom is -0.504 e. The van der Waals surface area contributed by atoms with Crippen LogP contribution in [0.1, 0.15) is 17.0 Å². The molecule has 1 heterocycles. The minimum absolute atomic E-state index is 0.203. The summed E-state index contributed by atoms with van der Waals surface area (Å²) in [5, 5.41) is 33.2. The van der Waals surface area contributed by atoms with E-state index in [0.717, 1.165) is 16.3 Å². The summed E-state index contributed by atoms with van der Waals surface area (Å²) in [6.45, 7) is 0. The second-order valence-corrected chi connectivity index (χ2v) is 6.42. The zero-order valence-corrected chi connectivity index (χ0v) is 15.0. The highest BCUT2D eigenvalue weighted by atomic mass is 32.1. The van der Waals surface area contributed by atoms with Crippen molar-refractivity contribution in [1.82, 2.24) is 14.9 Å². The number of hydrogen-bond donors (Lipinski definition) is 3. The van der Waals surface area contributed by atoms with Gasteiger partial charge in [-0.15, -0.1) is 0 Å². The lowest BCUT2D eigenvalue weighted by Gasteiger charge is -2.06. The molecule has 0 aliphatic carbocycles. The summed E-state index contributed by atoms with van der Waals surface area (Å²) >= 11 is 5.28. The largest absolute Gasteiger partial charge is 0.504 e. The van der Waals surface area contributed by atoms with Crippen molar-refractivity contribution < 1.29 is 10.2 Å². The molecule has 4 rings (SSSR count). The number of nitrogens with zero attached hydrogens (tertiary/aromatic N) is 3. The second kappa shape index (κ2) is 7.05. The monoisotopic (exact) mass is 376 g/mol. The molecule has 0 amide bonds. The van der Waals surface area contributed by atoms with E-state index < -0.39 is 0 Å². The van der Waals surface area contributed by atoms with Crippen LogP contribution >= 0.6 is 12.2 Å². The number of fused-ring (bicyclic) bond motifs is 1. The van der Waals surface area contributed by atoms with Crippen LogP contribution < -0.4 is 0 Å². The quantitative estimate of drug-likeness (QED) is 0.286. The fourth-order valence-corrected chi connectivity index (χ4v) is 3.15. The Morgan fingerprint density at radius 1 is 1.04 bits per heavy atom. The van der Waals surface area contributed by atoms with Crippen LogP contribution in [0.15, 0.2) is 65.8 Å². The normalized spacial score (nSPS) is 11.4. The van der Waals surface area contributed by atoms with Crippen LogP contribution in [0.5, 0.6) is 11.5 Å². The third-order valence-electron chi connectivity index (χ3n) is 4.30. The summed E-state index contributed by atoms with van der Waals surface area (Å²) < 4.78 is 1.86. The third kappa shape index (κ3) is 3.32. The molecular formula is C20H16N4O2S. The molecule has 0 aliphatic rings. The highest BCUT2D eigenvalue weighted by molar-refractivity contribution is 7.71. The molecule has 1 aromatic heterocycles. The highest BCUT2D eigenvalue weighted by Crippen LogP contribution is 2.27. The van der Waals surface area contributed by atoms with Gasteiger partial charge < -0.3 is 10.2 Å². The maximum atomic E-state index is 9.92. The highest BCUT2D eigenvalue weighted by Gasteiger charge is 2.09. The molecule has 134 valence electrons. The SMILES string of the molecule is Oc1cccc(/C=N/n2c(Cc3cccc4ccccc34)n[nH]c2=S)c1O. The molecule has 0 fully saturated rings. The molecule has 0 atom stereocenters. The van der Waals surface area contributed by atoms with Gasteiger partial charge in [0.15, 0.2) is 17.3 Å². The Labute approximate surface area is 160 Å². The zero-order chi connectivity index (χ0) is 18.8. The molecule has 0 spiro atoms. The Bertz CT molecular complexity index is 1200. The molecule has 0 radical (unpaired) electrons. The Morgan fingerprint density at radius 3 is 2.70 bits per heavy atom. The van der Waals surface area contributed by atoms with E-state index in [9.17, 15) is 10.2 Å². The molecule has 3 N–H and O–H groups in total. The molecular weight excluding hydrogens is 360 g/mol. The van der Waals surface area contributed by atoms with Gasteiger partial charge >= 0.3 is 0 Å². The molecule has 6 nitrogen and oxygen atoms in total. The summed E-state index contributed by atoms with van der Waals surface area (Å²) in [6, 6.07) is 19.0. The first-order valence-electron chi connectivity index (χ1n) is 8.32. The zero-order valence-electron chi connectivity index (χ0n) is 14.2. The van der Waals surface area contributed by atoms with Gasteiger partial charge in [0, 0.05) is 12.0 Å². The standard InChI is InChI=1S/C20H16N4O2S/c25-17-10-4-8-15(19(17)26)12-21-24-18(22-23-20(24)27)11-14-7-3-6-13-5-1-2-9-16(13)14/h1-10,12,25-26H,11H2,(H,23,27)/b21-12+. The number of phenolic OH excluding ortho intramolecular Hbond substituents is 2. The number of rotatable bonds is 4. The van der Waals surface area contributed by atoms with Crippen LogP contribution in [0, 0.1) is 4.77 Å². The van der Waals surface area contributed by atoms with Crippen molar-refractivity contribution in [1.29, 1.82) is 0 Å². The number of phenols is 2. The smallest absolute Gasteiger partial charge is 0.216 e. The number of benzene rings is 3. The van der Waals surface area contributed by atoms with Gasteiger partial charge in [-0.05, 0) is 40.7 Å². The number of aromatic amines is 1. The summed E-state index contributed by atoms with van der Waals surface area (Å²) in [6.07, 6.45) is 1.98. The number of aromatic nitrogens is 3. The van der Waals surface area contributed by atoms with E-state index in [1.54, 1.807) is 12.1 Å². The maximum absolute atomic E-state index is 9.92. The lowest BCUT2D eigenvalue weighted by atomic mass is 10.0. The van der Waals surface area contributed by atoms with Crippen molar-refractivity contribution >= 4 is 29.2 Å². The van der Waals surface area contributed by atoms with E-state index in [1.165, 1.54) is 17.0 Å².